The van der Waals surface area contributed by atoms with Crippen molar-refractivity contribution >= 4 is 11.9 Å². The molecule has 0 aliphatic carbocycles. The second-order valence-electron chi connectivity index (χ2n) is 5.53. The Morgan fingerprint density at radius 1 is 1.08 bits per heavy atom. The fourth-order valence-electron chi connectivity index (χ4n) is 2.61. The molecule has 1 saturated heterocycles. The van der Waals surface area contributed by atoms with Crippen molar-refractivity contribution in [1.82, 2.24) is 4.90 Å². The molecule has 2 aromatic rings. The molecular formula is C17H16FNO5. The summed E-state index contributed by atoms with van der Waals surface area (Å²) in [6.07, 6.45) is 1.22. The molecule has 3 rings (SSSR count). The van der Waals surface area contributed by atoms with Crippen molar-refractivity contribution in [2.45, 2.75) is 18.9 Å². The summed E-state index contributed by atoms with van der Waals surface area (Å²) < 4.78 is 23.7. The number of piperidine rings is 1. The second kappa shape index (κ2) is 6.74. The summed E-state index contributed by atoms with van der Waals surface area (Å²) in [6, 6.07) is 8.45. The minimum atomic E-state index is -1.21. The van der Waals surface area contributed by atoms with Gasteiger partial charge in [-0.2, -0.15) is 0 Å². The van der Waals surface area contributed by atoms with Crippen LogP contribution in [0.25, 0.3) is 0 Å². The van der Waals surface area contributed by atoms with Gasteiger partial charge in [-0.05, 0) is 36.4 Å². The van der Waals surface area contributed by atoms with Crippen LogP contribution in [-0.4, -0.2) is 41.1 Å². The van der Waals surface area contributed by atoms with Gasteiger partial charge in [0.05, 0.1) is 0 Å². The number of carbonyl (C=O) groups excluding carboxylic acids is 1. The molecule has 1 aliphatic rings. The minimum absolute atomic E-state index is 0.0188. The van der Waals surface area contributed by atoms with Crippen LogP contribution < -0.4 is 4.74 Å². The highest BCUT2D eigenvalue weighted by molar-refractivity contribution is 5.93. The van der Waals surface area contributed by atoms with Crippen molar-refractivity contribution in [3.8, 4) is 5.75 Å². The number of carboxylic acid groups (broad SMARTS) is 1. The van der Waals surface area contributed by atoms with E-state index in [2.05, 4.69) is 0 Å². The molecule has 0 atom stereocenters. The summed E-state index contributed by atoms with van der Waals surface area (Å²) in [7, 11) is 0. The van der Waals surface area contributed by atoms with E-state index in [1.54, 1.807) is 17.0 Å². The van der Waals surface area contributed by atoms with E-state index in [1.165, 1.54) is 24.3 Å². The molecular weight excluding hydrogens is 317 g/mol. The molecule has 0 bridgehead atoms. The number of nitrogens with zero attached hydrogens (tertiary/aromatic N) is 1. The number of benzene rings is 1. The molecule has 0 unspecified atom stereocenters. The zero-order valence-corrected chi connectivity index (χ0v) is 12.8. The first-order valence-corrected chi connectivity index (χ1v) is 7.57. The predicted molar refractivity (Wildman–Crippen MR) is 81.6 cm³/mol. The third-order valence-electron chi connectivity index (χ3n) is 3.87. The van der Waals surface area contributed by atoms with Gasteiger partial charge >= 0.3 is 5.97 Å². The summed E-state index contributed by atoms with van der Waals surface area (Å²) in [5.41, 5.74) is 0. The highest BCUT2D eigenvalue weighted by atomic mass is 19.1. The van der Waals surface area contributed by atoms with E-state index in [0.717, 1.165) is 0 Å². The molecule has 7 heteroatoms. The van der Waals surface area contributed by atoms with Crippen LogP contribution in [-0.2, 0) is 0 Å². The van der Waals surface area contributed by atoms with E-state index in [-0.39, 0.29) is 29.3 Å². The molecule has 1 N–H and O–H groups in total. The van der Waals surface area contributed by atoms with Crippen LogP contribution in [0, 0.1) is 5.82 Å². The van der Waals surface area contributed by atoms with Crippen molar-refractivity contribution < 1.29 is 28.2 Å². The van der Waals surface area contributed by atoms with Gasteiger partial charge in [0.1, 0.15) is 17.7 Å². The topological polar surface area (TPSA) is 80.0 Å². The van der Waals surface area contributed by atoms with Crippen LogP contribution in [0.1, 0.15) is 34.0 Å². The molecule has 126 valence electrons. The van der Waals surface area contributed by atoms with E-state index < -0.39 is 5.97 Å². The minimum Gasteiger partial charge on any atom is -0.490 e. The molecule has 2 heterocycles. The number of likely N-dealkylation sites (tertiary alicyclic amines) is 1. The lowest BCUT2D eigenvalue weighted by Crippen LogP contribution is -2.41. The number of aromatic carboxylic acids is 1. The molecule has 1 fully saturated rings. The highest BCUT2D eigenvalue weighted by Crippen LogP contribution is 2.21. The smallest absolute Gasteiger partial charge is 0.371 e. The largest absolute Gasteiger partial charge is 0.490 e. The molecule has 1 aromatic heterocycles. The Kier molecular flexibility index (Phi) is 4.50. The molecule has 1 aliphatic heterocycles. The number of carboxylic acids is 1. The van der Waals surface area contributed by atoms with Crippen LogP contribution in [0.2, 0.25) is 0 Å². The normalized spacial score (nSPS) is 15.3. The first kappa shape index (κ1) is 16.0. The molecule has 0 spiro atoms. The van der Waals surface area contributed by atoms with Crippen molar-refractivity contribution in [1.29, 1.82) is 0 Å². The third kappa shape index (κ3) is 3.56. The van der Waals surface area contributed by atoms with E-state index in [1.807, 2.05) is 0 Å². The van der Waals surface area contributed by atoms with Crippen LogP contribution >= 0.6 is 0 Å². The van der Waals surface area contributed by atoms with Crippen LogP contribution in [0.5, 0.6) is 5.75 Å². The summed E-state index contributed by atoms with van der Waals surface area (Å²) in [5.74, 6) is -1.50. The molecule has 0 saturated carbocycles. The van der Waals surface area contributed by atoms with Gasteiger partial charge in [-0.15, -0.1) is 0 Å². The molecule has 1 amide bonds. The third-order valence-corrected chi connectivity index (χ3v) is 3.87. The van der Waals surface area contributed by atoms with Gasteiger partial charge in [0.15, 0.2) is 5.76 Å². The van der Waals surface area contributed by atoms with Crippen molar-refractivity contribution in [3.63, 3.8) is 0 Å². The summed E-state index contributed by atoms with van der Waals surface area (Å²) >= 11 is 0. The number of hydrogen-bond donors (Lipinski definition) is 1. The standard InChI is InChI=1S/C17H16FNO5/c18-11-1-3-12(4-2-11)23-13-7-9-19(10-8-13)16(20)14-5-6-15(24-14)17(21)22/h1-6,13H,7-10H2,(H,21,22). The average Bonchev–Trinajstić information content (AvgIpc) is 3.07. The van der Waals surface area contributed by atoms with E-state index in [9.17, 15) is 14.0 Å². The van der Waals surface area contributed by atoms with Gasteiger partial charge in [0, 0.05) is 25.9 Å². The monoisotopic (exact) mass is 333 g/mol. The first-order valence-electron chi connectivity index (χ1n) is 7.57. The summed E-state index contributed by atoms with van der Waals surface area (Å²) in [6.45, 7) is 0.960. The van der Waals surface area contributed by atoms with Gasteiger partial charge < -0.3 is 19.2 Å². The lowest BCUT2D eigenvalue weighted by molar-refractivity contribution is 0.0559. The van der Waals surface area contributed by atoms with Gasteiger partial charge in [-0.1, -0.05) is 0 Å². The average molecular weight is 333 g/mol. The Labute approximate surface area is 137 Å². The van der Waals surface area contributed by atoms with Crippen LogP contribution in [0.4, 0.5) is 4.39 Å². The Morgan fingerprint density at radius 3 is 2.29 bits per heavy atom. The Balaban J connectivity index is 1.55. The first-order chi connectivity index (χ1) is 11.5. The van der Waals surface area contributed by atoms with Gasteiger partial charge in [-0.3, -0.25) is 4.79 Å². The van der Waals surface area contributed by atoms with Gasteiger partial charge in [-0.25, -0.2) is 9.18 Å². The second-order valence-corrected chi connectivity index (χ2v) is 5.53. The maximum atomic E-state index is 12.9. The fourth-order valence-corrected chi connectivity index (χ4v) is 2.61. The quantitative estimate of drug-likeness (QED) is 0.930. The van der Waals surface area contributed by atoms with E-state index in [0.29, 0.717) is 31.7 Å². The van der Waals surface area contributed by atoms with Crippen molar-refractivity contribution in [2.75, 3.05) is 13.1 Å². The molecule has 6 nitrogen and oxygen atoms in total. The van der Waals surface area contributed by atoms with E-state index >= 15 is 0 Å². The van der Waals surface area contributed by atoms with E-state index in [4.69, 9.17) is 14.3 Å². The number of furan rings is 1. The Morgan fingerprint density at radius 2 is 1.71 bits per heavy atom. The fraction of sp³-hybridized carbons (Fsp3) is 0.294. The lowest BCUT2D eigenvalue weighted by Gasteiger charge is -2.31. The SMILES string of the molecule is O=C(O)c1ccc(C(=O)N2CCC(Oc3ccc(F)cc3)CC2)o1. The Hall–Kier alpha value is -2.83. The van der Waals surface area contributed by atoms with Crippen molar-refractivity contribution in [3.05, 3.63) is 53.7 Å². The summed E-state index contributed by atoms with van der Waals surface area (Å²) in [4.78, 5) is 24.7. The number of ether oxygens (including phenoxy) is 1. The predicted octanol–water partition coefficient (Wildman–Crippen LogP) is 2.80. The number of carbonyl (C=O) groups is 2. The number of rotatable bonds is 4. The zero-order chi connectivity index (χ0) is 17.1. The maximum Gasteiger partial charge on any atom is 0.371 e. The van der Waals surface area contributed by atoms with Gasteiger partial charge in [0.2, 0.25) is 5.76 Å². The van der Waals surface area contributed by atoms with Crippen LogP contribution in [0.15, 0.2) is 40.8 Å². The zero-order valence-electron chi connectivity index (χ0n) is 12.8. The molecule has 0 radical (unpaired) electrons. The molecule has 1 aromatic carbocycles. The highest BCUT2D eigenvalue weighted by Gasteiger charge is 2.27. The molecule has 24 heavy (non-hydrogen) atoms. The number of amides is 1. The number of halogens is 1. The Bertz CT molecular complexity index is 732. The lowest BCUT2D eigenvalue weighted by atomic mass is 10.1. The number of hydrogen-bond acceptors (Lipinski definition) is 4. The maximum absolute atomic E-state index is 12.9. The summed E-state index contributed by atoms with van der Waals surface area (Å²) in [5, 5.41) is 8.82. The van der Waals surface area contributed by atoms with Crippen LogP contribution in [0.3, 0.4) is 0 Å². The van der Waals surface area contributed by atoms with Crippen molar-refractivity contribution in [2.24, 2.45) is 0 Å². The van der Waals surface area contributed by atoms with Gasteiger partial charge in [0.25, 0.3) is 5.91 Å².